The zero-order valence-electron chi connectivity index (χ0n) is 13.8. The number of nitrogens with zero attached hydrogens (tertiary/aromatic N) is 4. The van der Waals surface area contributed by atoms with Gasteiger partial charge in [0, 0.05) is 17.2 Å². The van der Waals surface area contributed by atoms with E-state index in [0.717, 1.165) is 5.56 Å². The fraction of sp³-hybridized carbons (Fsp3) is 0.111. The predicted octanol–water partition coefficient (Wildman–Crippen LogP) is 2.58. The highest BCUT2D eigenvalue weighted by Crippen LogP contribution is 2.25. The number of ketones is 1. The molecule has 0 saturated heterocycles. The molecule has 3 rings (SSSR count). The van der Waals surface area contributed by atoms with Gasteiger partial charge in [-0.05, 0) is 46.8 Å². The Labute approximate surface area is 144 Å². The van der Waals surface area contributed by atoms with E-state index in [1.165, 1.54) is 17.1 Å². The van der Waals surface area contributed by atoms with E-state index in [4.69, 9.17) is 9.47 Å². The number of ether oxygens (including phenoxy) is 2. The number of hydrogen-bond donors (Lipinski definition) is 0. The number of tetrazole rings is 1. The van der Waals surface area contributed by atoms with Crippen LogP contribution in [0.4, 0.5) is 0 Å². The van der Waals surface area contributed by atoms with Crippen molar-refractivity contribution in [3.8, 4) is 17.2 Å². The maximum Gasteiger partial charge on any atom is 0.185 e. The molecule has 0 bridgehead atoms. The number of carbonyl (C=O) groups excluding carboxylic acids is 1. The van der Waals surface area contributed by atoms with Crippen LogP contribution in [0.5, 0.6) is 11.5 Å². The molecule has 0 aliphatic rings. The third-order valence-corrected chi connectivity index (χ3v) is 3.60. The molecule has 0 saturated carbocycles. The van der Waals surface area contributed by atoms with Crippen molar-refractivity contribution < 1.29 is 14.3 Å². The molecule has 0 amide bonds. The lowest BCUT2D eigenvalue weighted by Crippen LogP contribution is -1.99. The lowest BCUT2D eigenvalue weighted by Gasteiger charge is -2.07. The van der Waals surface area contributed by atoms with E-state index in [0.29, 0.717) is 22.7 Å². The first kappa shape index (κ1) is 16.4. The average Bonchev–Trinajstić information content (AvgIpc) is 3.21. The largest absolute Gasteiger partial charge is 0.497 e. The monoisotopic (exact) mass is 336 g/mol. The zero-order chi connectivity index (χ0) is 17.6. The van der Waals surface area contributed by atoms with Crippen LogP contribution in [-0.2, 0) is 0 Å². The summed E-state index contributed by atoms with van der Waals surface area (Å²) in [6, 6.07) is 12.5. The Bertz CT molecular complexity index is 904. The summed E-state index contributed by atoms with van der Waals surface area (Å²) < 4.78 is 12.0. The highest BCUT2D eigenvalue weighted by atomic mass is 16.5. The molecular weight excluding hydrogens is 320 g/mol. The Hall–Kier alpha value is -3.48. The fourth-order valence-corrected chi connectivity index (χ4v) is 2.30. The first-order chi connectivity index (χ1) is 12.2. The van der Waals surface area contributed by atoms with E-state index < -0.39 is 0 Å². The third-order valence-electron chi connectivity index (χ3n) is 3.60. The Balaban J connectivity index is 1.83. The molecule has 0 aliphatic carbocycles. The van der Waals surface area contributed by atoms with Crippen LogP contribution in [0.1, 0.15) is 15.9 Å². The van der Waals surface area contributed by atoms with Gasteiger partial charge in [0.05, 0.1) is 19.9 Å². The maximum atomic E-state index is 12.4. The summed E-state index contributed by atoms with van der Waals surface area (Å²) >= 11 is 0. The Morgan fingerprint density at radius 2 is 2.00 bits per heavy atom. The number of hydrogen-bond acceptors (Lipinski definition) is 6. The minimum atomic E-state index is -0.132. The fourth-order valence-electron chi connectivity index (χ4n) is 2.30. The first-order valence-electron chi connectivity index (χ1n) is 7.49. The minimum Gasteiger partial charge on any atom is -0.497 e. The van der Waals surface area contributed by atoms with Crippen molar-refractivity contribution in [2.45, 2.75) is 0 Å². The molecule has 2 aromatic carbocycles. The summed E-state index contributed by atoms with van der Waals surface area (Å²) in [7, 11) is 3.16. The van der Waals surface area contributed by atoms with Crippen molar-refractivity contribution in [2.24, 2.45) is 0 Å². The van der Waals surface area contributed by atoms with Crippen LogP contribution in [-0.4, -0.2) is 40.2 Å². The summed E-state index contributed by atoms with van der Waals surface area (Å²) in [6.07, 6.45) is 4.69. The predicted molar refractivity (Wildman–Crippen MR) is 92.1 cm³/mol. The van der Waals surface area contributed by atoms with Gasteiger partial charge >= 0.3 is 0 Å². The smallest absolute Gasteiger partial charge is 0.185 e. The van der Waals surface area contributed by atoms with E-state index in [1.807, 2.05) is 18.2 Å². The van der Waals surface area contributed by atoms with E-state index >= 15 is 0 Å². The Kier molecular flexibility index (Phi) is 4.84. The number of aromatic nitrogens is 4. The van der Waals surface area contributed by atoms with Crippen molar-refractivity contribution in [1.82, 2.24) is 20.2 Å². The second-order valence-corrected chi connectivity index (χ2v) is 5.11. The molecule has 1 aromatic heterocycles. The highest BCUT2D eigenvalue weighted by Gasteiger charge is 2.07. The SMILES string of the molecule is COc1ccc(/C=C/C(=O)c2cccc(-n3cnnn3)c2)c(OC)c1. The Morgan fingerprint density at radius 3 is 2.72 bits per heavy atom. The summed E-state index contributed by atoms with van der Waals surface area (Å²) in [5.74, 6) is 1.19. The van der Waals surface area contributed by atoms with Crippen molar-refractivity contribution >= 4 is 11.9 Å². The van der Waals surface area contributed by atoms with Crippen LogP contribution in [0.15, 0.2) is 54.9 Å². The molecule has 0 fully saturated rings. The molecule has 3 aromatic rings. The van der Waals surface area contributed by atoms with Gasteiger partial charge in [0.25, 0.3) is 0 Å². The van der Waals surface area contributed by atoms with Crippen LogP contribution < -0.4 is 9.47 Å². The second-order valence-electron chi connectivity index (χ2n) is 5.11. The molecule has 0 unspecified atom stereocenters. The van der Waals surface area contributed by atoms with E-state index in [-0.39, 0.29) is 5.78 Å². The second kappa shape index (κ2) is 7.39. The topological polar surface area (TPSA) is 79.1 Å². The van der Waals surface area contributed by atoms with Crippen molar-refractivity contribution in [1.29, 1.82) is 0 Å². The van der Waals surface area contributed by atoms with E-state index in [9.17, 15) is 4.79 Å². The number of methoxy groups -OCH3 is 2. The molecule has 7 heteroatoms. The molecule has 0 radical (unpaired) electrons. The minimum absolute atomic E-state index is 0.132. The summed E-state index contributed by atoms with van der Waals surface area (Å²) in [6.45, 7) is 0. The van der Waals surface area contributed by atoms with Gasteiger partial charge in [-0.3, -0.25) is 4.79 Å². The molecule has 7 nitrogen and oxygen atoms in total. The summed E-state index contributed by atoms with van der Waals surface area (Å²) in [4.78, 5) is 12.4. The van der Waals surface area contributed by atoms with E-state index in [2.05, 4.69) is 15.5 Å². The first-order valence-corrected chi connectivity index (χ1v) is 7.49. The molecule has 1 heterocycles. The third kappa shape index (κ3) is 3.72. The van der Waals surface area contributed by atoms with Gasteiger partial charge < -0.3 is 9.47 Å². The van der Waals surface area contributed by atoms with Crippen LogP contribution in [0, 0.1) is 0 Å². The van der Waals surface area contributed by atoms with Gasteiger partial charge in [0.15, 0.2) is 5.78 Å². The lowest BCUT2D eigenvalue weighted by atomic mass is 10.1. The van der Waals surface area contributed by atoms with Crippen molar-refractivity contribution in [3.05, 3.63) is 66.0 Å². The van der Waals surface area contributed by atoms with E-state index in [1.54, 1.807) is 44.6 Å². The van der Waals surface area contributed by atoms with Gasteiger partial charge in [-0.15, -0.1) is 5.10 Å². The normalized spacial score (nSPS) is 10.8. The summed E-state index contributed by atoms with van der Waals surface area (Å²) in [5, 5.41) is 11.0. The summed E-state index contributed by atoms with van der Waals surface area (Å²) in [5.41, 5.74) is 2.04. The molecule has 0 aliphatic heterocycles. The lowest BCUT2D eigenvalue weighted by molar-refractivity contribution is 0.104. The van der Waals surface area contributed by atoms with Crippen LogP contribution in [0.2, 0.25) is 0 Å². The van der Waals surface area contributed by atoms with Gasteiger partial charge in [0.1, 0.15) is 17.8 Å². The van der Waals surface area contributed by atoms with Gasteiger partial charge in [-0.1, -0.05) is 12.1 Å². The molecule has 126 valence electrons. The van der Waals surface area contributed by atoms with Crippen molar-refractivity contribution in [2.75, 3.05) is 14.2 Å². The number of rotatable bonds is 6. The van der Waals surface area contributed by atoms with Crippen LogP contribution in [0.25, 0.3) is 11.8 Å². The average molecular weight is 336 g/mol. The Morgan fingerprint density at radius 1 is 1.12 bits per heavy atom. The van der Waals surface area contributed by atoms with Crippen LogP contribution in [0.3, 0.4) is 0 Å². The number of benzene rings is 2. The number of allylic oxidation sites excluding steroid dienone is 1. The molecule has 0 spiro atoms. The van der Waals surface area contributed by atoms with Gasteiger partial charge in [-0.2, -0.15) is 0 Å². The standard InChI is InChI=1S/C18H16N4O3/c1-24-16-8-6-13(18(11-16)25-2)7-9-17(23)14-4-3-5-15(10-14)22-12-19-20-21-22/h3-12H,1-2H3/b9-7+. The molecule has 0 N–H and O–H groups in total. The van der Waals surface area contributed by atoms with Crippen molar-refractivity contribution in [3.63, 3.8) is 0 Å². The maximum absolute atomic E-state index is 12.4. The number of carbonyl (C=O) groups is 1. The van der Waals surface area contributed by atoms with Gasteiger partial charge in [-0.25, -0.2) is 4.68 Å². The molecule has 0 atom stereocenters. The molecular formula is C18H16N4O3. The van der Waals surface area contributed by atoms with Gasteiger partial charge in [0.2, 0.25) is 0 Å². The van der Waals surface area contributed by atoms with Crippen LogP contribution >= 0.6 is 0 Å². The highest BCUT2D eigenvalue weighted by molar-refractivity contribution is 6.07. The molecule has 25 heavy (non-hydrogen) atoms. The zero-order valence-corrected chi connectivity index (χ0v) is 13.8. The quantitative estimate of drug-likeness (QED) is 0.508.